The Bertz CT molecular complexity index is 658. The third-order valence-electron chi connectivity index (χ3n) is 3.03. The predicted molar refractivity (Wildman–Crippen MR) is 118 cm³/mol. The van der Waals surface area contributed by atoms with Gasteiger partial charge in [-0.1, -0.05) is 37.5 Å². The Hall–Kier alpha value is 0.808. The molecule has 2 aromatic rings. The van der Waals surface area contributed by atoms with Crippen molar-refractivity contribution in [2.45, 2.75) is 32.6 Å². The molecule has 1 unspecified atom stereocenters. The van der Waals surface area contributed by atoms with Crippen molar-refractivity contribution in [3.63, 3.8) is 0 Å². The van der Waals surface area contributed by atoms with Crippen molar-refractivity contribution >= 4 is 65.9 Å². The number of hydrogen-bond donors (Lipinski definition) is 1. The second kappa shape index (κ2) is 15.8. The number of carbonyl (C=O) groups excluding carboxylic acids is 1. The van der Waals surface area contributed by atoms with Gasteiger partial charge in [-0.05, 0) is 5.38 Å². The zero-order chi connectivity index (χ0) is 18.7. The van der Waals surface area contributed by atoms with Gasteiger partial charge in [-0.3, -0.25) is 0 Å². The molecule has 0 aliphatic heterocycles. The molecule has 25 heavy (non-hydrogen) atoms. The normalized spacial score (nSPS) is 10.4. The fourth-order valence-corrected chi connectivity index (χ4v) is 3.40. The molecule has 0 radical (unpaired) electrons. The average molecular weight is 775 g/mol. The number of rotatable bonds is 4. The van der Waals surface area contributed by atoms with Crippen LogP contribution in [0.15, 0.2) is 22.4 Å². The number of thiophene rings is 1. The Morgan fingerprint density at radius 2 is 1.88 bits per heavy atom. The Morgan fingerprint density at radius 1 is 1.28 bits per heavy atom. The van der Waals surface area contributed by atoms with E-state index in [0.717, 1.165) is 0 Å². The minimum absolute atomic E-state index is 0. The molecule has 0 saturated carbocycles. The number of benzene rings is 1. The summed E-state index contributed by atoms with van der Waals surface area (Å²) in [6, 6.07) is 7.02. The summed E-state index contributed by atoms with van der Waals surface area (Å²) in [7, 11) is 1.49. The molecule has 0 spiro atoms. The van der Waals surface area contributed by atoms with Gasteiger partial charge in [0.05, 0.1) is 0 Å². The molecule has 1 aromatic carbocycles. The van der Waals surface area contributed by atoms with Crippen molar-refractivity contribution in [1.29, 1.82) is 0 Å². The van der Waals surface area contributed by atoms with Gasteiger partial charge in [0.25, 0.3) is 0 Å². The molecule has 1 heterocycles. The van der Waals surface area contributed by atoms with Crippen molar-refractivity contribution in [3.05, 3.63) is 50.7 Å². The second-order valence-electron chi connectivity index (χ2n) is 4.62. The van der Waals surface area contributed by atoms with Crippen LogP contribution in [0.1, 0.15) is 27.1 Å². The maximum Gasteiger partial charge on any atom is 2.00 e. The fourth-order valence-electron chi connectivity index (χ4n) is 1.78. The minimum atomic E-state index is -1.63. The Labute approximate surface area is 194 Å². The summed E-state index contributed by atoms with van der Waals surface area (Å²) in [5.41, 5.74) is 7.53. The maximum absolute atomic E-state index is 11.1. The van der Waals surface area contributed by atoms with Crippen LogP contribution in [0, 0.1) is 33.8 Å². The van der Waals surface area contributed by atoms with Gasteiger partial charge in [0.1, 0.15) is 11.1 Å². The van der Waals surface area contributed by atoms with Gasteiger partial charge < -0.3 is 4.79 Å². The van der Waals surface area contributed by atoms with Crippen LogP contribution >= 0.6 is 48.6 Å². The molecule has 0 saturated heterocycles. The first-order valence-electron chi connectivity index (χ1n) is 6.73. The third-order valence-corrected chi connectivity index (χ3v) is 4.99. The molecule has 0 aliphatic carbocycles. The van der Waals surface area contributed by atoms with E-state index in [1.807, 2.05) is 0 Å². The molecule has 0 amide bonds. The largest absolute Gasteiger partial charge is 2.00 e. The van der Waals surface area contributed by atoms with Crippen LogP contribution in [-0.4, -0.2) is 17.5 Å². The molecule has 138 valence electrons. The molecular formula is C16H19I2NO3S2W. The monoisotopic (exact) mass is 775 g/mol. The maximum atomic E-state index is 11.1. The van der Waals surface area contributed by atoms with Crippen molar-refractivity contribution in [2.75, 3.05) is 7.05 Å². The molecule has 1 N–H and O–H groups in total. The molecule has 2 rings (SSSR count). The van der Waals surface area contributed by atoms with Crippen LogP contribution < -0.4 is 5.48 Å². The summed E-state index contributed by atoms with van der Waals surface area (Å²) in [6.07, 6.45) is 1.68. The molecular weight excluding hydrogens is 756 g/mol. The van der Waals surface area contributed by atoms with E-state index in [1.165, 1.54) is 40.6 Å². The van der Waals surface area contributed by atoms with Crippen molar-refractivity contribution in [1.82, 2.24) is 5.48 Å². The van der Waals surface area contributed by atoms with E-state index in [2.05, 4.69) is 86.8 Å². The molecule has 4 nitrogen and oxygen atoms in total. The third kappa shape index (κ3) is 10.1. The van der Waals surface area contributed by atoms with Crippen LogP contribution in [0.2, 0.25) is 0 Å². The van der Waals surface area contributed by atoms with Crippen LogP contribution in [0.5, 0.6) is 0 Å². The van der Waals surface area contributed by atoms with E-state index in [1.54, 1.807) is 17.7 Å². The number of halogens is 2. The van der Waals surface area contributed by atoms with Gasteiger partial charge in [-0.2, -0.15) is 51.2 Å². The smallest absolute Gasteiger partial charge is 0.417 e. The summed E-state index contributed by atoms with van der Waals surface area (Å²) >= 11 is 3.79. The van der Waals surface area contributed by atoms with Gasteiger partial charge in [0, 0.05) is 50.6 Å². The summed E-state index contributed by atoms with van der Waals surface area (Å²) in [6.45, 7) is 8.47. The van der Waals surface area contributed by atoms with Gasteiger partial charge in [-0.15, -0.1) is 6.07 Å². The van der Waals surface area contributed by atoms with Gasteiger partial charge in [0.2, 0.25) is 0 Å². The average Bonchev–Trinajstić information content (AvgIpc) is 3.04. The Morgan fingerprint density at radius 3 is 2.36 bits per heavy atom. The van der Waals surface area contributed by atoms with E-state index in [0.29, 0.717) is 9.77 Å². The predicted octanol–water partition coefficient (Wildman–Crippen LogP) is 4.87. The molecule has 1 aromatic heterocycles. The molecule has 0 fully saturated rings. The quantitative estimate of drug-likeness (QED) is 0.274. The SMILES string of the molecule is CNOS(=O)c1ccsc1[C-]=O.Cc1[c-]c(C)c(C)c(C)c1.II.[W+2]. The van der Waals surface area contributed by atoms with E-state index in [9.17, 15) is 9.00 Å². The summed E-state index contributed by atoms with van der Waals surface area (Å²) < 4.78 is 15.7. The number of hydroxylamine groups is 1. The first-order valence-corrected chi connectivity index (χ1v) is 15.0. The van der Waals surface area contributed by atoms with Crippen LogP contribution in [0.4, 0.5) is 0 Å². The number of aryl methyl sites for hydroxylation is 3. The topological polar surface area (TPSA) is 55.4 Å². The summed E-state index contributed by atoms with van der Waals surface area (Å²) in [4.78, 5) is 10.9. The Kier molecular flexibility index (Phi) is 17.7. The second-order valence-corrected chi connectivity index (χ2v) is 6.62. The van der Waals surface area contributed by atoms with Gasteiger partial charge >= 0.3 is 21.1 Å². The zero-order valence-electron chi connectivity index (χ0n) is 14.4. The van der Waals surface area contributed by atoms with E-state index < -0.39 is 11.1 Å². The van der Waals surface area contributed by atoms with E-state index in [-0.39, 0.29) is 21.1 Å². The molecule has 0 aliphatic rings. The van der Waals surface area contributed by atoms with Crippen LogP contribution in [0.25, 0.3) is 0 Å². The zero-order valence-corrected chi connectivity index (χ0v) is 23.3. The number of hydrogen-bond acceptors (Lipinski definition) is 5. The first-order chi connectivity index (χ1) is 11.4. The van der Waals surface area contributed by atoms with Crippen molar-refractivity contribution in [3.8, 4) is 0 Å². The van der Waals surface area contributed by atoms with E-state index in [4.69, 9.17) is 0 Å². The minimum Gasteiger partial charge on any atom is -0.417 e. The number of nitrogens with one attached hydrogen (secondary N) is 1. The van der Waals surface area contributed by atoms with E-state index >= 15 is 0 Å². The van der Waals surface area contributed by atoms with Crippen LogP contribution in [-0.2, 0) is 41.2 Å². The van der Waals surface area contributed by atoms with Gasteiger partial charge in [-0.25, -0.2) is 8.49 Å². The molecule has 0 bridgehead atoms. The first kappa shape index (κ1) is 28.0. The van der Waals surface area contributed by atoms with Crippen molar-refractivity contribution in [2.24, 2.45) is 0 Å². The molecule has 1 atom stereocenters. The standard InChI is InChI=1S/C10H13.C6H6NO3S2.I2.W/c1-7-5-8(2)10(4)9(3)6-7;1-7-10-12(9)6-2-3-11-5(6)4-8;1-2;/h5H,1-4H3;2-3,7H,1H3;;/q2*-1;;+2. The van der Waals surface area contributed by atoms with Crippen LogP contribution in [0.3, 0.4) is 0 Å². The summed E-state index contributed by atoms with van der Waals surface area (Å²) in [5.74, 6) is 0. The fraction of sp³-hybridized carbons (Fsp3) is 0.312. The van der Waals surface area contributed by atoms with Crippen molar-refractivity contribution < 1.29 is 34.4 Å². The molecule has 9 heteroatoms. The Balaban J connectivity index is 0. The summed E-state index contributed by atoms with van der Waals surface area (Å²) in [5, 5.41) is 1.66. The van der Waals surface area contributed by atoms with Gasteiger partial charge in [0.15, 0.2) is 0 Å².